The van der Waals surface area contributed by atoms with Crippen LogP contribution in [0.5, 0.6) is 0 Å². The number of benzene rings is 1. The van der Waals surface area contributed by atoms with Crippen LogP contribution in [0.2, 0.25) is 0 Å². The standard InChI is InChI=1S/C13H15BrN2/c14-13-2-1-11(9-15)8-12(13)7-10-3-5-16-6-4-10/h1-2,8,10,16H,3-7H2. The van der Waals surface area contributed by atoms with Crippen LogP contribution in [0, 0.1) is 17.2 Å². The molecule has 0 bridgehead atoms. The first-order valence-electron chi connectivity index (χ1n) is 5.69. The highest BCUT2D eigenvalue weighted by molar-refractivity contribution is 9.10. The summed E-state index contributed by atoms with van der Waals surface area (Å²) >= 11 is 3.56. The quantitative estimate of drug-likeness (QED) is 0.903. The minimum absolute atomic E-state index is 0.756. The van der Waals surface area contributed by atoms with E-state index < -0.39 is 0 Å². The van der Waals surface area contributed by atoms with E-state index in [0.717, 1.165) is 35.5 Å². The van der Waals surface area contributed by atoms with Crippen molar-refractivity contribution in [3.05, 3.63) is 33.8 Å². The molecule has 2 rings (SSSR count). The molecule has 1 heterocycles. The van der Waals surface area contributed by atoms with Crippen molar-refractivity contribution >= 4 is 15.9 Å². The number of hydrogen-bond donors (Lipinski definition) is 1. The molecule has 84 valence electrons. The Morgan fingerprint density at radius 3 is 2.81 bits per heavy atom. The van der Waals surface area contributed by atoms with Crippen LogP contribution >= 0.6 is 15.9 Å². The van der Waals surface area contributed by atoms with Crippen LogP contribution in [0.1, 0.15) is 24.0 Å². The van der Waals surface area contributed by atoms with Gasteiger partial charge in [0.1, 0.15) is 0 Å². The lowest BCUT2D eigenvalue weighted by Crippen LogP contribution is -2.28. The van der Waals surface area contributed by atoms with E-state index in [-0.39, 0.29) is 0 Å². The number of piperidine rings is 1. The van der Waals surface area contributed by atoms with Crippen LogP contribution in [0.3, 0.4) is 0 Å². The fourth-order valence-electron chi connectivity index (χ4n) is 2.20. The van der Waals surface area contributed by atoms with E-state index in [4.69, 9.17) is 5.26 Å². The van der Waals surface area contributed by atoms with E-state index >= 15 is 0 Å². The molecule has 1 aromatic rings. The predicted octanol–water partition coefficient (Wildman–Crippen LogP) is 2.86. The number of nitriles is 1. The summed E-state index contributed by atoms with van der Waals surface area (Å²) in [5.41, 5.74) is 2.03. The first kappa shape index (κ1) is 11.6. The van der Waals surface area contributed by atoms with Crippen LogP contribution in [0.25, 0.3) is 0 Å². The summed E-state index contributed by atoms with van der Waals surface area (Å²) in [6, 6.07) is 8.04. The van der Waals surface area contributed by atoms with E-state index in [0.29, 0.717) is 0 Å². The Balaban J connectivity index is 2.10. The summed E-state index contributed by atoms with van der Waals surface area (Å²) in [5, 5.41) is 12.3. The van der Waals surface area contributed by atoms with Crippen molar-refractivity contribution in [1.29, 1.82) is 5.26 Å². The molecule has 1 saturated heterocycles. The first-order chi connectivity index (χ1) is 7.79. The van der Waals surface area contributed by atoms with Crippen molar-refractivity contribution in [2.75, 3.05) is 13.1 Å². The summed E-state index contributed by atoms with van der Waals surface area (Å²) in [6.07, 6.45) is 3.56. The molecule has 1 N–H and O–H groups in total. The summed E-state index contributed by atoms with van der Waals surface area (Å²) in [4.78, 5) is 0. The third-order valence-corrected chi connectivity index (χ3v) is 3.92. The second-order valence-corrected chi connectivity index (χ2v) is 5.17. The van der Waals surface area contributed by atoms with Gasteiger partial charge in [-0.2, -0.15) is 5.26 Å². The number of rotatable bonds is 2. The maximum Gasteiger partial charge on any atom is 0.0991 e. The van der Waals surface area contributed by atoms with Gasteiger partial charge in [0.15, 0.2) is 0 Å². The maximum atomic E-state index is 8.88. The zero-order valence-electron chi connectivity index (χ0n) is 9.17. The summed E-state index contributed by atoms with van der Waals surface area (Å²) in [6.45, 7) is 2.25. The fraction of sp³-hybridized carbons (Fsp3) is 0.462. The van der Waals surface area contributed by atoms with Gasteiger partial charge in [-0.05, 0) is 62.0 Å². The molecule has 0 aromatic heterocycles. The van der Waals surface area contributed by atoms with Crippen LogP contribution in [-0.4, -0.2) is 13.1 Å². The highest BCUT2D eigenvalue weighted by Gasteiger charge is 2.15. The lowest BCUT2D eigenvalue weighted by atomic mass is 9.90. The molecular weight excluding hydrogens is 264 g/mol. The Hall–Kier alpha value is -0.850. The van der Waals surface area contributed by atoms with Gasteiger partial charge in [0.2, 0.25) is 0 Å². The van der Waals surface area contributed by atoms with E-state index in [1.807, 2.05) is 18.2 Å². The Morgan fingerprint density at radius 1 is 1.38 bits per heavy atom. The van der Waals surface area contributed by atoms with Gasteiger partial charge in [-0.1, -0.05) is 15.9 Å². The Morgan fingerprint density at radius 2 is 2.12 bits per heavy atom. The molecule has 0 radical (unpaired) electrons. The Labute approximate surface area is 105 Å². The summed E-state index contributed by atoms with van der Waals surface area (Å²) < 4.78 is 1.13. The van der Waals surface area contributed by atoms with Gasteiger partial charge in [0.25, 0.3) is 0 Å². The van der Waals surface area contributed by atoms with E-state index in [1.54, 1.807) is 0 Å². The van der Waals surface area contributed by atoms with Crippen molar-refractivity contribution in [3.63, 3.8) is 0 Å². The molecule has 0 amide bonds. The second kappa shape index (κ2) is 5.47. The number of hydrogen-bond acceptors (Lipinski definition) is 2. The smallest absolute Gasteiger partial charge is 0.0991 e. The fourth-order valence-corrected chi connectivity index (χ4v) is 2.61. The maximum absolute atomic E-state index is 8.88. The zero-order valence-corrected chi connectivity index (χ0v) is 10.8. The molecule has 0 aliphatic carbocycles. The van der Waals surface area contributed by atoms with Crippen LogP contribution in [0.15, 0.2) is 22.7 Å². The van der Waals surface area contributed by atoms with Crippen molar-refractivity contribution in [3.8, 4) is 6.07 Å². The van der Waals surface area contributed by atoms with Gasteiger partial charge in [-0.15, -0.1) is 0 Å². The van der Waals surface area contributed by atoms with Gasteiger partial charge in [0, 0.05) is 4.47 Å². The molecule has 1 fully saturated rings. The predicted molar refractivity (Wildman–Crippen MR) is 68.2 cm³/mol. The molecule has 16 heavy (non-hydrogen) atoms. The minimum atomic E-state index is 0.756. The minimum Gasteiger partial charge on any atom is -0.317 e. The normalized spacial score (nSPS) is 17.0. The molecule has 1 aliphatic heterocycles. The Bertz CT molecular complexity index is 403. The van der Waals surface area contributed by atoms with Crippen molar-refractivity contribution in [2.24, 2.45) is 5.92 Å². The monoisotopic (exact) mass is 278 g/mol. The second-order valence-electron chi connectivity index (χ2n) is 4.32. The highest BCUT2D eigenvalue weighted by Crippen LogP contribution is 2.24. The lowest BCUT2D eigenvalue weighted by Gasteiger charge is -2.23. The first-order valence-corrected chi connectivity index (χ1v) is 6.48. The Kier molecular flexibility index (Phi) is 3.98. The van der Waals surface area contributed by atoms with E-state index in [1.165, 1.54) is 18.4 Å². The van der Waals surface area contributed by atoms with E-state index in [2.05, 4.69) is 27.3 Å². The van der Waals surface area contributed by atoms with Crippen molar-refractivity contribution < 1.29 is 0 Å². The third kappa shape index (κ3) is 2.84. The molecule has 0 unspecified atom stereocenters. The van der Waals surface area contributed by atoms with Crippen molar-refractivity contribution in [2.45, 2.75) is 19.3 Å². The molecule has 2 nitrogen and oxygen atoms in total. The van der Waals surface area contributed by atoms with Gasteiger partial charge in [0.05, 0.1) is 11.6 Å². The van der Waals surface area contributed by atoms with Gasteiger partial charge < -0.3 is 5.32 Å². The topological polar surface area (TPSA) is 35.8 Å². The number of halogens is 1. The van der Waals surface area contributed by atoms with Gasteiger partial charge >= 0.3 is 0 Å². The third-order valence-electron chi connectivity index (χ3n) is 3.14. The van der Waals surface area contributed by atoms with Crippen LogP contribution in [0.4, 0.5) is 0 Å². The van der Waals surface area contributed by atoms with Gasteiger partial charge in [-0.3, -0.25) is 0 Å². The average molecular weight is 279 g/mol. The average Bonchev–Trinajstić information content (AvgIpc) is 2.33. The molecule has 0 atom stereocenters. The largest absolute Gasteiger partial charge is 0.317 e. The number of nitrogens with zero attached hydrogens (tertiary/aromatic N) is 1. The van der Waals surface area contributed by atoms with Crippen molar-refractivity contribution in [1.82, 2.24) is 5.32 Å². The number of nitrogens with one attached hydrogen (secondary N) is 1. The summed E-state index contributed by atoms with van der Waals surface area (Å²) in [7, 11) is 0. The lowest BCUT2D eigenvalue weighted by molar-refractivity contribution is 0.372. The summed E-state index contributed by atoms with van der Waals surface area (Å²) in [5.74, 6) is 0.756. The van der Waals surface area contributed by atoms with Gasteiger partial charge in [-0.25, -0.2) is 0 Å². The SMILES string of the molecule is N#Cc1ccc(Br)c(CC2CCNCC2)c1. The molecule has 3 heteroatoms. The molecule has 0 saturated carbocycles. The molecular formula is C13H15BrN2. The van der Waals surface area contributed by atoms with E-state index in [9.17, 15) is 0 Å². The van der Waals surface area contributed by atoms with Crippen LogP contribution in [-0.2, 0) is 6.42 Å². The highest BCUT2D eigenvalue weighted by atomic mass is 79.9. The molecule has 1 aromatic carbocycles. The molecule has 0 spiro atoms. The zero-order chi connectivity index (χ0) is 11.4. The van der Waals surface area contributed by atoms with Crippen LogP contribution < -0.4 is 5.32 Å². The molecule has 1 aliphatic rings.